The topological polar surface area (TPSA) is 158 Å². The first kappa shape index (κ1) is 33.1. The number of hydrogen-bond acceptors (Lipinski definition) is 6. The van der Waals surface area contributed by atoms with Gasteiger partial charge in [0.1, 0.15) is 6.04 Å². The molecule has 42 heavy (non-hydrogen) atoms. The molecule has 0 saturated carbocycles. The van der Waals surface area contributed by atoms with E-state index in [4.69, 9.17) is 5.73 Å². The second kappa shape index (κ2) is 15.2. The largest absolute Gasteiger partial charge is 0.399 e. The minimum absolute atomic E-state index is 0.0528. The lowest BCUT2D eigenvalue weighted by molar-refractivity contribution is -0.130. The average molecular weight is 600 g/mol. The zero-order chi connectivity index (χ0) is 30.9. The number of aromatic nitrogens is 1. The van der Waals surface area contributed by atoms with E-state index in [2.05, 4.69) is 15.6 Å². The first-order chi connectivity index (χ1) is 19.9. The van der Waals surface area contributed by atoms with Crippen molar-refractivity contribution in [2.75, 3.05) is 25.4 Å². The van der Waals surface area contributed by atoms with Crippen LogP contribution in [-0.2, 0) is 26.0 Å². The molecule has 0 bridgehead atoms. The number of aliphatic hydroxyl groups excluding tert-OH is 1. The number of carbonyl (C=O) groups is 2. The van der Waals surface area contributed by atoms with E-state index in [1.54, 1.807) is 26.0 Å². The summed E-state index contributed by atoms with van der Waals surface area (Å²) in [5.41, 5.74) is 8.11. The van der Waals surface area contributed by atoms with Gasteiger partial charge in [0, 0.05) is 54.3 Å². The number of anilines is 1. The Morgan fingerprint density at radius 3 is 2.33 bits per heavy atom. The van der Waals surface area contributed by atoms with Crippen molar-refractivity contribution in [3.63, 3.8) is 0 Å². The van der Waals surface area contributed by atoms with Crippen LogP contribution < -0.4 is 16.4 Å². The number of nitrogens with zero attached hydrogens (tertiary/aromatic N) is 1. The predicted octanol–water partition coefficient (Wildman–Crippen LogP) is 3.43. The van der Waals surface area contributed by atoms with Crippen LogP contribution in [0.25, 0.3) is 10.9 Å². The molecule has 0 spiro atoms. The number of carbonyl (C=O) groups excluding carboxylic acids is 2. The number of fused-ring (bicyclic) bond motifs is 1. The number of benzene rings is 2. The van der Waals surface area contributed by atoms with Crippen LogP contribution in [0.1, 0.15) is 52.5 Å². The summed E-state index contributed by atoms with van der Waals surface area (Å²) in [6.45, 7) is 7.72. The number of sulfonamides is 1. The van der Waals surface area contributed by atoms with Gasteiger partial charge in [-0.2, -0.15) is 4.31 Å². The highest BCUT2D eigenvalue weighted by atomic mass is 32.2. The van der Waals surface area contributed by atoms with E-state index in [0.29, 0.717) is 37.9 Å². The first-order valence-electron chi connectivity index (χ1n) is 14.5. The molecule has 11 heteroatoms. The SMILES string of the molecule is CC(C)CN([C@H](CO)CCCCNC(=O)[C@H](Cc1c[nH]c2ccccc12)NC(=O)C(C)C)S(=O)(=O)c1ccc(N)cc1. The number of nitrogens with two attached hydrogens (primary N) is 1. The summed E-state index contributed by atoms with van der Waals surface area (Å²) in [7, 11) is -3.85. The number of aromatic amines is 1. The molecule has 0 aliphatic carbocycles. The van der Waals surface area contributed by atoms with Gasteiger partial charge in [-0.3, -0.25) is 9.59 Å². The summed E-state index contributed by atoms with van der Waals surface area (Å²) < 4.78 is 28.3. The van der Waals surface area contributed by atoms with Crippen molar-refractivity contribution >= 4 is 38.4 Å². The number of aliphatic hydroxyl groups is 1. The summed E-state index contributed by atoms with van der Waals surface area (Å²) in [5, 5.41) is 17.0. The van der Waals surface area contributed by atoms with Gasteiger partial charge in [-0.05, 0) is 54.7 Å². The molecule has 3 rings (SSSR count). The Morgan fingerprint density at radius 2 is 1.69 bits per heavy atom. The van der Waals surface area contributed by atoms with Gasteiger partial charge < -0.3 is 26.5 Å². The maximum atomic E-state index is 13.5. The lowest BCUT2D eigenvalue weighted by Gasteiger charge is -2.31. The first-order valence-corrected chi connectivity index (χ1v) is 16.0. The highest BCUT2D eigenvalue weighted by molar-refractivity contribution is 7.89. The van der Waals surface area contributed by atoms with Crippen LogP contribution in [0.3, 0.4) is 0 Å². The molecule has 6 N–H and O–H groups in total. The highest BCUT2D eigenvalue weighted by Crippen LogP contribution is 2.23. The quantitative estimate of drug-likeness (QED) is 0.125. The minimum Gasteiger partial charge on any atom is -0.399 e. The lowest BCUT2D eigenvalue weighted by Crippen LogP contribution is -2.49. The molecular formula is C31H45N5O5S. The van der Waals surface area contributed by atoms with Gasteiger partial charge in [0.2, 0.25) is 21.8 Å². The number of unbranched alkanes of at least 4 members (excludes halogenated alkanes) is 1. The fourth-order valence-electron chi connectivity index (χ4n) is 4.81. The van der Waals surface area contributed by atoms with E-state index in [0.717, 1.165) is 16.5 Å². The summed E-state index contributed by atoms with van der Waals surface area (Å²) in [6, 6.07) is 12.5. The smallest absolute Gasteiger partial charge is 0.243 e. The molecule has 10 nitrogen and oxygen atoms in total. The van der Waals surface area contributed by atoms with E-state index < -0.39 is 22.1 Å². The number of H-pyrrole nitrogens is 1. The Morgan fingerprint density at radius 1 is 1.00 bits per heavy atom. The van der Waals surface area contributed by atoms with Gasteiger partial charge in [0.15, 0.2) is 0 Å². The Labute approximate surface area is 249 Å². The maximum Gasteiger partial charge on any atom is 0.243 e. The number of para-hydroxylation sites is 1. The molecule has 3 aromatic rings. The van der Waals surface area contributed by atoms with E-state index in [1.807, 2.05) is 44.3 Å². The van der Waals surface area contributed by atoms with Crippen molar-refractivity contribution in [3.05, 3.63) is 60.3 Å². The van der Waals surface area contributed by atoms with Gasteiger partial charge in [-0.1, -0.05) is 52.3 Å². The van der Waals surface area contributed by atoms with E-state index in [-0.39, 0.29) is 41.7 Å². The molecule has 0 saturated heterocycles. The van der Waals surface area contributed by atoms with Gasteiger partial charge in [-0.15, -0.1) is 0 Å². The number of nitrogens with one attached hydrogen (secondary N) is 3. The second-order valence-electron chi connectivity index (χ2n) is 11.4. The van der Waals surface area contributed by atoms with Gasteiger partial charge in [-0.25, -0.2) is 8.42 Å². The number of nitrogen functional groups attached to an aromatic ring is 1. The average Bonchev–Trinajstić information content (AvgIpc) is 3.36. The molecule has 0 unspecified atom stereocenters. The van der Waals surface area contributed by atoms with Crippen molar-refractivity contribution in [2.45, 2.75) is 70.4 Å². The minimum atomic E-state index is -3.85. The molecule has 0 fully saturated rings. The van der Waals surface area contributed by atoms with Crippen LogP contribution in [0.2, 0.25) is 0 Å². The molecule has 2 aromatic carbocycles. The molecule has 0 aliphatic rings. The van der Waals surface area contributed by atoms with Crippen LogP contribution in [0.15, 0.2) is 59.6 Å². The van der Waals surface area contributed by atoms with Gasteiger partial charge >= 0.3 is 0 Å². The molecule has 230 valence electrons. The summed E-state index contributed by atoms with van der Waals surface area (Å²) >= 11 is 0. The summed E-state index contributed by atoms with van der Waals surface area (Å²) in [6.07, 6.45) is 3.80. The molecule has 2 amide bonds. The normalized spacial score (nSPS) is 13.5. The van der Waals surface area contributed by atoms with E-state index in [1.165, 1.54) is 16.4 Å². The molecule has 0 aliphatic heterocycles. The fraction of sp³-hybridized carbons (Fsp3) is 0.484. The van der Waals surface area contributed by atoms with Crippen molar-refractivity contribution < 1.29 is 23.1 Å². The monoisotopic (exact) mass is 599 g/mol. The fourth-order valence-corrected chi connectivity index (χ4v) is 6.62. The summed E-state index contributed by atoms with van der Waals surface area (Å²) in [5.74, 6) is -0.692. The predicted molar refractivity (Wildman–Crippen MR) is 166 cm³/mol. The van der Waals surface area contributed by atoms with Crippen molar-refractivity contribution in [3.8, 4) is 0 Å². The van der Waals surface area contributed by atoms with E-state index in [9.17, 15) is 23.1 Å². The Balaban J connectivity index is 1.61. The zero-order valence-electron chi connectivity index (χ0n) is 25.0. The Bertz CT molecular complexity index is 1420. The molecule has 1 heterocycles. The molecular weight excluding hydrogens is 554 g/mol. The van der Waals surface area contributed by atoms with Gasteiger partial charge in [0.05, 0.1) is 11.5 Å². The second-order valence-corrected chi connectivity index (χ2v) is 13.3. The van der Waals surface area contributed by atoms with E-state index >= 15 is 0 Å². The molecule has 2 atom stereocenters. The van der Waals surface area contributed by atoms with Crippen molar-refractivity contribution in [2.24, 2.45) is 11.8 Å². The van der Waals surface area contributed by atoms with Crippen LogP contribution >= 0.6 is 0 Å². The zero-order valence-corrected chi connectivity index (χ0v) is 25.8. The Hall–Kier alpha value is -3.41. The standard InChI is InChI=1S/C31H45N5O5S/c1-21(2)19-36(42(40,41)26-14-12-24(32)13-15-26)25(20-37)9-7-8-16-33-31(39)29(35-30(38)22(3)4)17-23-18-34-28-11-6-5-10-27(23)28/h5-6,10-15,18,21-22,25,29,34,37H,7-9,16-17,19-20,32H2,1-4H3,(H,33,39)(H,35,38)/t25-,29-/m0/s1. The number of amides is 2. The highest BCUT2D eigenvalue weighted by Gasteiger charge is 2.31. The van der Waals surface area contributed by atoms with Crippen LogP contribution in [0.4, 0.5) is 5.69 Å². The number of rotatable bonds is 16. The van der Waals surface area contributed by atoms with Crippen LogP contribution in [0.5, 0.6) is 0 Å². The third-order valence-corrected chi connectivity index (χ3v) is 9.10. The van der Waals surface area contributed by atoms with Crippen molar-refractivity contribution in [1.29, 1.82) is 0 Å². The van der Waals surface area contributed by atoms with Crippen LogP contribution in [-0.4, -0.2) is 66.4 Å². The number of hydrogen-bond donors (Lipinski definition) is 5. The third-order valence-electron chi connectivity index (χ3n) is 7.17. The van der Waals surface area contributed by atoms with Crippen LogP contribution in [0, 0.1) is 11.8 Å². The lowest BCUT2D eigenvalue weighted by atomic mass is 10.0. The summed E-state index contributed by atoms with van der Waals surface area (Å²) in [4.78, 5) is 29.0. The molecule has 1 aromatic heterocycles. The third kappa shape index (κ3) is 8.80. The molecule has 0 radical (unpaired) electrons. The van der Waals surface area contributed by atoms with Gasteiger partial charge in [0.25, 0.3) is 0 Å². The van der Waals surface area contributed by atoms with Crippen molar-refractivity contribution in [1.82, 2.24) is 19.9 Å². The Kier molecular flexibility index (Phi) is 12.0. The maximum absolute atomic E-state index is 13.5.